The molecule has 1 unspecified atom stereocenters. The molecule has 18 heteroatoms. The second-order valence-corrected chi connectivity index (χ2v) is 7.94. The SMILES string of the molecule is CCOC(=O)C(OC)N(c1cc(C(F)(F)F)cc(C(F)(F)F)c1Cl)c1nc(C(F)(F)F)c(Cl)c(=O)n1CC. The number of nitrogens with zero attached hydrogens (tertiary/aromatic N) is 3. The summed E-state index contributed by atoms with van der Waals surface area (Å²) in [5.74, 6) is -2.74. The minimum absolute atomic E-state index is 0.0246. The van der Waals surface area contributed by atoms with E-state index < -0.39 is 81.3 Å². The lowest BCUT2D eigenvalue weighted by Crippen LogP contribution is -2.45. The highest BCUT2D eigenvalue weighted by Gasteiger charge is 2.44. The number of aromatic nitrogens is 2. The van der Waals surface area contributed by atoms with Crippen molar-refractivity contribution in [2.24, 2.45) is 0 Å². The van der Waals surface area contributed by atoms with Crippen LogP contribution in [0.1, 0.15) is 30.7 Å². The van der Waals surface area contributed by atoms with Crippen LogP contribution in [-0.2, 0) is 39.3 Å². The predicted octanol–water partition coefficient (Wildman–Crippen LogP) is 6.30. The van der Waals surface area contributed by atoms with Crippen molar-refractivity contribution in [3.05, 3.63) is 49.4 Å². The molecule has 1 atom stereocenters. The molecule has 38 heavy (non-hydrogen) atoms. The molecule has 0 aliphatic carbocycles. The number of benzene rings is 1. The molecule has 7 nitrogen and oxygen atoms in total. The van der Waals surface area contributed by atoms with Crippen molar-refractivity contribution in [2.45, 2.75) is 45.1 Å². The molecule has 1 aromatic heterocycles. The molecular formula is C20H16Cl2F9N3O4. The molecule has 0 saturated heterocycles. The number of carbonyl (C=O) groups excluding carboxylic acids is 1. The summed E-state index contributed by atoms with van der Waals surface area (Å²) < 4.78 is 133. The summed E-state index contributed by atoms with van der Waals surface area (Å²) in [4.78, 5) is 28.6. The van der Waals surface area contributed by atoms with Crippen molar-refractivity contribution in [1.29, 1.82) is 0 Å². The average molecular weight is 604 g/mol. The summed E-state index contributed by atoms with van der Waals surface area (Å²) >= 11 is 11.4. The Morgan fingerprint density at radius 2 is 1.58 bits per heavy atom. The summed E-state index contributed by atoms with van der Waals surface area (Å²) in [6.45, 7) is 1.50. The Bertz CT molecular complexity index is 1260. The van der Waals surface area contributed by atoms with Crippen molar-refractivity contribution < 1.29 is 53.8 Å². The molecule has 0 fully saturated rings. The number of ether oxygens (including phenoxy) is 2. The largest absolute Gasteiger partial charge is 0.463 e. The summed E-state index contributed by atoms with van der Waals surface area (Å²) in [5, 5.41) is -2.92. The first-order valence-electron chi connectivity index (χ1n) is 10.1. The Hall–Kier alpha value is -2.72. The summed E-state index contributed by atoms with van der Waals surface area (Å²) in [7, 11) is 0.746. The molecule has 212 valence electrons. The lowest BCUT2D eigenvalue weighted by atomic mass is 10.1. The maximum Gasteiger partial charge on any atom is 0.435 e. The predicted molar refractivity (Wildman–Crippen MR) is 115 cm³/mol. The Labute approximate surface area is 217 Å². The van der Waals surface area contributed by atoms with E-state index in [1.807, 2.05) is 0 Å². The molecule has 0 bridgehead atoms. The van der Waals surface area contributed by atoms with Crippen molar-refractivity contribution in [3.63, 3.8) is 0 Å². The second kappa shape index (κ2) is 11.2. The highest BCUT2D eigenvalue weighted by Crippen LogP contribution is 2.46. The summed E-state index contributed by atoms with van der Waals surface area (Å²) in [6, 6.07) is -0.309. The zero-order valence-electron chi connectivity index (χ0n) is 19.3. The number of methoxy groups -OCH3 is 1. The standard InChI is InChI=1S/C20H16Cl2F9N3O4/c1-4-33-14(35)12(22)13(20(29,30)31)32-17(33)34(15(37-3)16(36)38-5-2)10-7-8(18(23,24)25)6-9(11(10)21)19(26,27)28/h6-7,15H,4-5H2,1-3H3. The molecule has 2 rings (SSSR count). The fourth-order valence-electron chi connectivity index (χ4n) is 3.19. The number of hydrogen-bond donors (Lipinski definition) is 0. The zero-order chi connectivity index (χ0) is 29.4. The van der Waals surface area contributed by atoms with Crippen LogP contribution < -0.4 is 10.5 Å². The van der Waals surface area contributed by atoms with Crippen LogP contribution in [0.15, 0.2) is 16.9 Å². The fourth-order valence-corrected chi connectivity index (χ4v) is 3.75. The molecule has 0 amide bonds. The Balaban J connectivity index is 3.19. The highest BCUT2D eigenvalue weighted by atomic mass is 35.5. The first kappa shape index (κ1) is 31.5. The quantitative estimate of drug-likeness (QED) is 0.210. The third-order valence-electron chi connectivity index (χ3n) is 4.79. The van der Waals surface area contributed by atoms with Gasteiger partial charge in [0.15, 0.2) is 5.69 Å². The van der Waals surface area contributed by atoms with Gasteiger partial charge in [0.05, 0.1) is 28.4 Å². The van der Waals surface area contributed by atoms with E-state index in [1.165, 1.54) is 13.8 Å². The Morgan fingerprint density at radius 1 is 1.00 bits per heavy atom. The summed E-state index contributed by atoms with van der Waals surface area (Å²) in [5.41, 5.74) is -8.93. The fraction of sp³-hybridized carbons (Fsp3) is 0.450. The molecular weight excluding hydrogens is 588 g/mol. The number of carbonyl (C=O) groups is 1. The number of alkyl halides is 9. The molecule has 1 heterocycles. The van der Waals surface area contributed by atoms with Gasteiger partial charge in [-0.15, -0.1) is 0 Å². The smallest absolute Gasteiger partial charge is 0.435 e. The molecule has 1 aromatic carbocycles. The van der Waals surface area contributed by atoms with Crippen molar-refractivity contribution >= 4 is 40.8 Å². The molecule has 0 saturated carbocycles. The van der Waals surface area contributed by atoms with Crippen LogP contribution in [0.4, 0.5) is 51.1 Å². The zero-order valence-corrected chi connectivity index (χ0v) is 20.8. The van der Waals surface area contributed by atoms with E-state index in [2.05, 4.69) is 4.98 Å². The van der Waals surface area contributed by atoms with E-state index in [9.17, 15) is 49.1 Å². The van der Waals surface area contributed by atoms with E-state index in [0.717, 1.165) is 7.11 Å². The van der Waals surface area contributed by atoms with Gasteiger partial charge in [-0.25, -0.2) is 9.78 Å². The van der Waals surface area contributed by atoms with Gasteiger partial charge < -0.3 is 9.47 Å². The van der Waals surface area contributed by atoms with Gasteiger partial charge in [-0.1, -0.05) is 23.2 Å². The molecule has 0 radical (unpaired) electrons. The van der Waals surface area contributed by atoms with Crippen LogP contribution in [0.25, 0.3) is 0 Å². The van der Waals surface area contributed by atoms with Crippen molar-refractivity contribution in [2.75, 3.05) is 18.6 Å². The maximum absolute atomic E-state index is 13.7. The van der Waals surface area contributed by atoms with Gasteiger partial charge in [0.1, 0.15) is 5.02 Å². The monoisotopic (exact) mass is 603 g/mol. The minimum Gasteiger partial charge on any atom is -0.463 e. The number of anilines is 2. The normalized spacial score (nSPS) is 13.4. The molecule has 0 aliphatic rings. The molecule has 0 spiro atoms. The maximum atomic E-state index is 13.7. The van der Waals surface area contributed by atoms with Crippen molar-refractivity contribution in [3.8, 4) is 0 Å². The number of esters is 1. The van der Waals surface area contributed by atoms with Gasteiger partial charge in [-0.2, -0.15) is 39.5 Å². The van der Waals surface area contributed by atoms with Gasteiger partial charge in [0, 0.05) is 13.7 Å². The van der Waals surface area contributed by atoms with Gasteiger partial charge in [-0.3, -0.25) is 14.3 Å². The van der Waals surface area contributed by atoms with Gasteiger partial charge in [0.25, 0.3) is 5.56 Å². The number of halogens is 11. The number of rotatable bonds is 7. The highest BCUT2D eigenvalue weighted by molar-refractivity contribution is 6.34. The first-order valence-corrected chi connectivity index (χ1v) is 10.9. The molecule has 0 N–H and O–H groups in total. The third-order valence-corrected chi connectivity index (χ3v) is 5.52. The van der Waals surface area contributed by atoms with Crippen LogP contribution in [0, 0.1) is 0 Å². The average Bonchev–Trinajstić information content (AvgIpc) is 2.77. The van der Waals surface area contributed by atoms with E-state index >= 15 is 0 Å². The minimum atomic E-state index is -5.50. The van der Waals surface area contributed by atoms with Crippen LogP contribution in [-0.4, -0.2) is 35.5 Å². The Morgan fingerprint density at radius 3 is 2.00 bits per heavy atom. The lowest BCUT2D eigenvalue weighted by molar-refractivity contribution is -0.154. The van der Waals surface area contributed by atoms with Gasteiger partial charge in [0.2, 0.25) is 12.2 Å². The van der Waals surface area contributed by atoms with Gasteiger partial charge >= 0.3 is 24.5 Å². The topological polar surface area (TPSA) is 73.7 Å². The van der Waals surface area contributed by atoms with E-state index in [0.29, 0.717) is 4.57 Å². The third kappa shape index (κ3) is 6.29. The van der Waals surface area contributed by atoms with Crippen molar-refractivity contribution in [1.82, 2.24) is 9.55 Å². The lowest BCUT2D eigenvalue weighted by Gasteiger charge is -2.33. The number of hydrogen-bond acceptors (Lipinski definition) is 6. The summed E-state index contributed by atoms with van der Waals surface area (Å²) in [6.07, 6.45) is -18.7. The van der Waals surface area contributed by atoms with E-state index in [4.69, 9.17) is 32.7 Å². The van der Waals surface area contributed by atoms with E-state index in [-0.39, 0.29) is 23.6 Å². The molecule has 0 aliphatic heterocycles. The van der Waals surface area contributed by atoms with Crippen LogP contribution in [0.2, 0.25) is 10.0 Å². The first-order chi connectivity index (χ1) is 17.3. The second-order valence-electron chi connectivity index (χ2n) is 7.18. The van der Waals surface area contributed by atoms with Gasteiger partial charge in [-0.05, 0) is 26.0 Å². The van der Waals surface area contributed by atoms with Crippen LogP contribution in [0.3, 0.4) is 0 Å². The van der Waals surface area contributed by atoms with Crippen LogP contribution in [0.5, 0.6) is 0 Å². The van der Waals surface area contributed by atoms with Crippen LogP contribution >= 0.6 is 23.2 Å². The molecule has 2 aromatic rings. The van der Waals surface area contributed by atoms with E-state index in [1.54, 1.807) is 0 Å². The Kier molecular flexibility index (Phi) is 9.27.